The molecule has 1 aliphatic rings. The van der Waals surface area contributed by atoms with Crippen molar-refractivity contribution in [2.75, 3.05) is 11.1 Å². The normalized spacial score (nSPS) is 20.7. The first-order valence-electron chi connectivity index (χ1n) is 7.01. The lowest BCUT2D eigenvalue weighted by molar-refractivity contribution is 0.0991. The van der Waals surface area contributed by atoms with Gasteiger partial charge in [0.05, 0.1) is 16.1 Å². The van der Waals surface area contributed by atoms with Crippen LogP contribution in [0.4, 0.5) is 10.7 Å². The summed E-state index contributed by atoms with van der Waals surface area (Å²) in [5.74, 6) is 0.0161. The first kappa shape index (κ1) is 14.8. The van der Waals surface area contributed by atoms with Crippen molar-refractivity contribution in [1.29, 1.82) is 0 Å². The minimum absolute atomic E-state index is 0.0519. The van der Waals surface area contributed by atoms with Gasteiger partial charge in [-0.15, -0.1) is 11.3 Å². The quantitative estimate of drug-likeness (QED) is 0.673. The Hall–Kier alpha value is -1.56. The summed E-state index contributed by atoms with van der Waals surface area (Å²) in [6.45, 7) is 3.93. The summed E-state index contributed by atoms with van der Waals surface area (Å²) in [6, 6.07) is 0.371. The van der Waals surface area contributed by atoms with Gasteiger partial charge in [-0.05, 0) is 18.8 Å². The maximum absolute atomic E-state index is 11.8. The number of nitrogens with one attached hydrogen (secondary N) is 1. The van der Waals surface area contributed by atoms with Crippen LogP contribution < -0.4 is 16.8 Å². The Morgan fingerprint density at radius 1 is 1.40 bits per heavy atom. The van der Waals surface area contributed by atoms with E-state index in [-0.39, 0.29) is 17.0 Å². The highest BCUT2D eigenvalue weighted by atomic mass is 32.1. The number of rotatable bonds is 7. The summed E-state index contributed by atoms with van der Waals surface area (Å²) in [7, 11) is 0. The Morgan fingerprint density at radius 3 is 2.65 bits per heavy atom. The summed E-state index contributed by atoms with van der Waals surface area (Å²) < 4.78 is 0. The first-order valence-corrected chi connectivity index (χ1v) is 7.82. The largest absolute Gasteiger partial charge is 0.397 e. The number of carbonyl (C=O) groups is 2. The molecule has 1 amide bonds. The molecule has 0 aliphatic heterocycles. The number of primary amides is 1. The van der Waals surface area contributed by atoms with Crippen molar-refractivity contribution in [3.05, 3.63) is 10.4 Å². The zero-order valence-electron chi connectivity index (χ0n) is 11.9. The van der Waals surface area contributed by atoms with Crippen molar-refractivity contribution in [1.82, 2.24) is 0 Å². The number of thiophene rings is 1. The Morgan fingerprint density at radius 2 is 2.10 bits per heavy atom. The van der Waals surface area contributed by atoms with E-state index in [1.807, 2.05) is 0 Å². The van der Waals surface area contributed by atoms with Gasteiger partial charge < -0.3 is 16.8 Å². The highest BCUT2D eigenvalue weighted by Crippen LogP contribution is 2.42. The number of amides is 1. The van der Waals surface area contributed by atoms with E-state index < -0.39 is 5.91 Å². The fraction of sp³-hybridized carbons (Fsp3) is 0.571. The minimum atomic E-state index is -0.580. The van der Waals surface area contributed by atoms with Crippen molar-refractivity contribution < 1.29 is 9.59 Å². The van der Waals surface area contributed by atoms with Crippen LogP contribution in [0.15, 0.2) is 0 Å². The smallest absolute Gasteiger partial charge is 0.253 e. The number of hydrogen-bond donors (Lipinski definition) is 3. The molecular formula is C14H21N3O2S. The number of carbonyl (C=O) groups excluding carboxylic acids is 2. The molecule has 0 bridgehead atoms. The fourth-order valence-corrected chi connectivity index (χ4v) is 3.64. The van der Waals surface area contributed by atoms with Gasteiger partial charge in [-0.1, -0.05) is 20.3 Å². The summed E-state index contributed by atoms with van der Waals surface area (Å²) in [5, 5.41) is 3.97. The van der Waals surface area contributed by atoms with Crippen LogP contribution in [-0.4, -0.2) is 17.7 Å². The fourth-order valence-electron chi connectivity index (χ4n) is 2.44. The molecule has 1 fully saturated rings. The molecule has 20 heavy (non-hydrogen) atoms. The van der Waals surface area contributed by atoms with E-state index in [1.54, 1.807) is 6.92 Å². The molecule has 0 saturated heterocycles. The highest BCUT2D eigenvalue weighted by Gasteiger charge is 2.37. The molecule has 0 radical (unpaired) electrons. The molecule has 2 rings (SSSR count). The monoisotopic (exact) mass is 295 g/mol. The number of nitrogen functional groups attached to an aromatic ring is 1. The molecule has 2 unspecified atom stereocenters. The van der Waals surface area contributed by atoms with Crippen LogP contribution in [0.25, 0.3) is 0 Å². The third-order valence-electron chi connectivity index (χ3n) is 3.66. The van der Waals surface area contributed by atoms with Crippen LogP contribution in [0.1, 0.15) is 59.6 Å². The molecule has 6 heteroatoms. The van der Waals surface area contributed by atoms with Gasteiger partial charge in [0, 0.05) is 12.5 Å². The first-order chi connectivity index (χ1) is 9.49. The Balaban J connectivity index is 2.23. The van der Waals surface area contributed by atoms with Gasteiger partial charge in [0.25, 0.3) is 5.91 Å². The molecule has 5 N–H and O–H groups in total. The van der Waals surface area contributed by atoms with Crippen LogP contribution in [0, 0.1) is 5.92 Å². The van der Waals surface area contributed by atoms with E-state index in [0.717, 1.165) is 12.8 Å². The molecular weight excluding hydrogens is 274 g/mol. The average molecular weight is 295 g/mol. The van der Waals surface area contributed by atoms with E-state index in [1.165, 1.54) is 17.8 Å². The predicted octanol–water partition coefficient (Wildman–Crippen LogP) is 2.62. The molecule has 1 saturated carbocycles. The standard InChI is InChI=1S/C14H21N3O2S/c1-3-5-7-6-8(7)17-14-10(13(16)19)11(15)12(20-14)9(18)4-2/h7-8,17H,3-6,15H2,1-2H3,(H2,16,19). The van der Waals surface area contributed by atoms with Gasteiger partial charge in [-0.2, -0.15) is 0 Å². The van der Waals surface area contributed by atoms with E-state index in [4.69, 9.17) is 11.5 Å². The van der Waals surface area contributed by atoms with Crippen molar-refractivity contribution in [2.24, 2.45) is 11.7 Å². The lowest BCUT2D eigenvalue weighted by atomic mass is 10.1. The second-order valence-corrected chi connectivity index (χ2v) is 6.25. The van der Waals surface area contributed by atoms with Crippen molar-refractivity contribution in [3.63, 3.8) is 0 Å². The van der Waals surface area contributed by atoms with Crippen LogP contribution in [-0.2, 0) is 0 Å². The molecule has 110 valence electrons. The molecule has 1 aromatic heterocycles. The Bertz CT molecular complexity index is 539. The second-order valence-electron chi connectivity index (χ2n) is 5.23. The zero-order chi connectivity index (χ0) is 14.9. The summed E-state index contributed by atoms with van der Waals surface area (Å²) in [4.78, 5) is 23.9. The molecule has 0 spiro atoms. The van der Waals surface area contributed by atoms with Crippen molar-refractivity contribution in [3.8, 4) is 0 Å². The third kappa shape index (κ3) is 2.80. The Kier molecular flexibility index (Phi) is 4.32. The average Bonchev–Trinajstić information content (AvgIpc) is 3.03. The van der Waals surface area contributed by atoms with E-state index in [0.29, 0.717) is 28.3 Å². The summed E-state index contributed by atoms with van der Waals surface area (Å²) in [5.41, 5.74) is 11.8. The molecule has 0 aromatic carbocycles. The third-order valence-corrected chi connectivity index (χ3v) is 4.84. The maximum Gasteiger partial charge on any atom is 0.253 e. The predicted molar refractivity (Wildman–Crippen MR) is 82.3 cm³/mol. The van der Waals surface area contributed by atoms with Crippen molar-refractivity contribution >= 4 is 33.7 Å². The maximum atomic E-state index is 11.8. The van der Waals surface area contributed by atoms with Gasteiger partial charge in [0.2, 0.25) is 0 Å². The topological polar surface area (TPSA) is 98.2 Å². The lowest BCUT2D eigenvalue weighted by Crippen LogP contribution is -2.16. The SMILES string of the molecule is CCCC1CC1Nc1sc(C(=O)CC)c(N)c1C(N)=O. The highest BCUT2D eigenvalue weighted by molar-refractivity contribution is 7.19. The zero-order valence-corrected chi connectivity index (χ0v) is 12.7. The second kappa shape index (κ2) is 5.83. The number of Topliss-reactive ketones (excluding diaryl/α,β-unsaturated/α-hetero) is 1. The van der Waals surface area contributed by atoms with Gasteiger partial charge in [0.15, 0.2) is 5.78 Å². The number of anilines is 2. The van der Waals surface area contributed by atoms with Crippen LogP contribution in [0.5, 0.6) is 0 Å². The molecule has 2 atom stereocenters. The number of ketones is 1. The number of nitrogens with two attached hydrogens (primary N) is 2. The lowest BCUT2D eigenvalue weighted by Gasteiger charge is -2.05. The molecule has 5 nitrogen and oxygen atoms in total. The number of hydrogen-bond acceptors (Lipinski definition) is 5. The van der Waals surface area contributed by atoms with Crippen LogP contribution in [0.3, 0.4) is 0 Å². The molecule has 1 heterocycles. The Labute approximate surface area is 122 Å². The van der Waals surface area contributed by atoms with Gasteiger partial charge in [0.1, 0.15) is 5.00 Å². The molecule has 1 aromatic rings. The van der Waals surface area contributed by atoms with E-state index in [9.17, 15) is 9.59 Å². The van der Waals surface area contributed by atoms with Gasteiger partial charge in [-0.25, -0.2) is 0 Å². The van der Waals surface area contributed by atoms with Crippen LogP contribution in [0.2, 0.25) is 0 Å². The van der Waals surface area contributed by atoms with E-state index in [2.05, 4.69) is 12.2 Å². The van der Waals surface area contributed by atoms with Gasteiger partial charge in [-0.3, -0.25) is 9.59 Å². The van der Waals surface area contributed by atoms with Gasteiger partial charge >= 0.3 is 0 Å². The summed E-state index contributed by atoms with van der Waals surface area (Å²) in [6.07, 6.45) is 3.79. The van der Waals surface area contributed by atoms with Crippen molar-refractivity contribution in [2.45, 2.75) is 45.6 Å². The summed E-state index contributed by atoms with van der Waals surface area (Å²) >= 11 is 1.25. The van der Waals surface area contributed by atoms with E-state index >= 15 is 0 Å². The molecule has 1 aliphatic carbocycles. The minimum Gasteiger partial charge on any atom is -0.397 e. The van der Waals surface area contributed by atoms with Crippen LogP contribution >= 0.6 is 11.3 Å².